The summed E-state index contributed by atoms with van der Waals surface area (Å²) in [7, 11) is -3.89. The molecule has 2 aliphatic heterocycles. The van der Waals surface area contributed by atoms with Gasteiger partial charge in [0.2, 0.25) is 0 Å². The number of nitrogen functional groups attached to an aromatic ring is 1. The predicted octanol–water partition coefficient (Wildman–Crippen LogP) is 1.19. The van der Waals surface area contributed by atoms with Crippen molar-refractivity contribution in [3.8, 4) is 0 Å². The Morgan fingerprint density at radius 2 is 1.97 bits per heavy atom. The van der Waals surface area contributed by atoms with Crippen molar-refractivity contribution >= 4 is 30.4 Å². The fourth-order valence-electron chi connectivity index (χ4n) is 3.50. The molecule has 5 rings (SSSR count). The molecule has 0 amide bonds. The van der Waals surface area contributed by atoms with E-state index in [0.29, 0.717) is 16.9 Å². The van der Waals surface area contributed by atoms with Crippen molar-refractivity contribution in [2.24, 2.45) is 4.76 Å². The minimum atomic E-state index is -3.89. The Morgan fingerprint density at radius 1 is 1.16 bits per heavy atom. The van der Waals surface area contributed by atoms with Gasteiger partial charge in [-0.05, 0) is 6.08 Å². The molecule has 1 fully saturated rings. The standard InChI is InChI=1S/C19H19N6O6P/c20-17-14-18(22-9-21-17)25(10-23-14)19-16(27)15(26)13(31-19)8-30-32(28)24-12(6-7-29-32)11-4-2-1-3-5-11/h1-7,9-10,13,15-16,19,26-27H,8H2,(H2,20,21,22)/t13-,15-,16+,19?,32?/m1/s1. The fourth-order valence-corrected chi connectivity index (χ4v) is 4.67. The maximum absolute atomic E-state index is 13.0. The summed E-state index contributed by atoms with van der Waals surface area (Å²) in [5.41, 5.74) is 7.65. The van der Waals surface area contributed by atoms with Gasteiger partial charge in [-0.2, -0.15) is 4.76 Å². The lowest BCUT2D eigenvalue weighted by atomic mass is 10.1. The predicted molar refractivity (Wildman–Crippen MR) is 112 cm³/mol. The Balaban J connectivity index is 1.32. The van der Waals surface area contributed by atoms with E-state index in [4.69, 9.17) is 19.5 Å². The first kappa shape index (κ1) is 20.7. The van der Waals surface area contributed by atoms with Gasteiger partial charge in [-0.15, -0.1) is 0 Å². The van der Waals surface area contributed by atoms with Crippen molar-refractivity contribution < 1.29 is 28.6 Å². The molecule has 32 heavy (non-hydrogen) atoms. The largest absolute Gasteiger partial charge is 0.507 e. The van der Waals surface area contributed by atoms with Gasteiger partial charge in [0.15, 0.2) is 17.7 Å². The molecular weight excluding hydrogens is 439 g/mol. The highest BCUT2D eigenvalue weighted by molar-refractivity contribution is 7.52. The van der Waals surface area contributed by atoms with E-state index >= 15 is 0 Å². The van der Waals surface area contributed by atoms with Crippen molar-refractivity contribution in [2.75, 3.05) is 12.3 Å². The average molecular weight is 458 g/mol. The van der Waals surface area contributed by atoms with E-state index in [2.05, 4.69) is 19.7 Å². The number of nitrogens with two attached hydrogens (primary N) is 1. The van der Waals surface area contributed by atoms with Crippen LogP contribution in [-0.2, 0) is 18.3 Å². The van der Waals surface area contributed by atoms with E-state index in [9.17, 15) is 14.8 Å². The molecule has 2 aromatic heterocycles. The monoisotopic (exact) mass is 458 g/mol. The Kier molecular flexibility index (Phi) is 5.24. The van der Waals surface area contributed by atoms with Crippen LogP contribution in [0.5, 0.6) is 0 Å². The Morgan fingerprint density at radius 3 is 2.78 bits per heavy atom. The maximum Gasteiger partial charge on any atom is 0.507 e. The van der Waals surface area contributed by atoms with Gasteiger partial charge >= 0.3 is 7.75 Å². The smallest absolute Gasteiger partial charge is 0.416 e. The van der Waals surface area contributed by atoms with E-state index in [1.807, 2.05) is 30.3 Å². The molecule has 4 heterocycles. The van der Waals surface area contributed by atoms with Crippen LogP contribution in [0.25, 0.3) is 11.2 Å². The lowest BCUT2D eigenvalue weighted by Gasteiger charge is -2.20. The second-order valence-electron chi connectivity index (χ2n) is 7.15. The molecule has 0 saturated carbocycles. The molecule has 166 valence electrons. The summed E-state index contributed by atoms with van der Waals surface area (Å²) in [6.07, 6.45) is 0.782. The number of aliphatic hydroxyl groups excluding tert-OH is 2. The number of benzene rings is 1. The summed E-state index contributed by atoms with van der Waals surface area (Å²) >= 11 is 0. The fraction of sp³-hybridized carbons (Fsp3) is 0.263. The summed E-state index contributed by atoms with van der Waals surface area (Å²) in [5.74, 6) is 0.175. The first-order chi connectivity index (χ1) is 15.5. The Labute approximate surface area is 181 Å². The van der Waals surface area contributed by atoms with Crippen LogP contribution < -0.4 is 5.73 Å². The zero-order valence-corrected chi connectivity index (χ0v) is 17.4. The molecule has 1 saturated heterocycles. The van der Waals surface area contributed by atoms with E-state index in [1.165, 1.54) is 23.5 Å². The first-order valence-corrected chi connectivity index (χ1v) is 11.1. The van der Waals surface area contributed by atoms with Crippen LogP contribution in [0.3, 0.4) is 0 Å². The molecule has 12 nitrogen and oxygen atoms in total. The van der Waals surface area contributed by atoms with Gasteiger partial charge in [0, 0.05) is 5.56 Å². The SMILES string of the molecule is Nc1ncnc2c1ncn2C1O[C@H](COP2(=O)N=C(c3ccccc3)C=CO2)[C@@H](O)[C@@H]1O. The molecule has 3 aromatic rings. The molecule has 0 aliphatic carbocycles. The number of anilines is 1. The number of allylic oxidation sites excluding steroid dienone is 1. The average Bonchev–Trinajstić information content (AvgIpc) is 3.35. The third-order valence-corrected chi connectivity index (χ3v) is 6.44. The lowest BCUT2D eigenvalue weighted by molar-refractivity contribution is -0.0485. The minimum Gasteiger partial charge on any atom is -0.416 e. The van der Waals surface area contributed by atoms with Gasteiger partial charge in [-0.25, -0.2) is 19.5 Å². The van der Waals surface area contributed by atoms with Crippen molar-refractivity contribution in [2.45, 2.75) is 24.5 Å². The molecule has 0 radical (unpaired) electrons. The van der Waals surface area contributed by atoms with Crippen LogP contribution in [0, 0.1) is 0 Å². The molecule has 13 heteroatoms. The number of nitrogens with zero attached hydrogens (tertiary/aromatic N) is 5. The van der Waals surface area contributed by atoms with E-state index in [-0.39, 0.29) is 12.4 Å². The number of hydrogen-bond donors (Lipinski definition) is 3. The Bertz CT molecular complexity index is 1250. The maximum atomic E-state index is 13.0. The van der Waals surface area contributed by atoms with Crippen molar-refractivity contribution in [1.82, 2.24) is 19.5 Å². The first-order valence-electron chi connectivity index (χ1n) is 9.65. The summed E-state index contributed by atoms with van der Waals surface area (Å²) in [5, 5.41) is 21.0. The third kappa shape index (κ3) is 3.68. The molecule has 4 N–H and O–H groups in total. The van der Waals surface area contributed by atoms with E-state index in [0.717, 1.165) is 5.56 Å². The van der Waals surface area contributed by atoms with Gasteiger partial charge in [-0.1, -0.05) is 30.3 Å². The highest BCUT2D eigenvalue weighted by Gasteiger charge is 2.45. The number of hydrogen-bond acceptors (Lipinski definition) is 10. The van der Waals surface area contributed by atoms with Crippen LogP contribution >= 0.6 is 7.75 Å². The molecule has 1 aromatic carbocycles. The van der Waals surface area contributed by atoms with E-state index < -0.39 is 32.3 Å². The quantitative estimate of drug-likeness (QED) is 0.472. The van der Waals surface area contributed by atoms with Gasteiger partial charge in [0.05, 0.1) is 24.9 Å². The van der Waals surface area contributed by atoms with Gasteiger partial charge in [0.1, 0.15) is 30.2 Å². The molecule has 2 unspecified atom stereocenters. The summed E-state index contributed by atoms with van der Waals surface area (Å²) < 4.78 is 34.8. The van der Waals surface area contributed by atoms with Crippen LogP contribution in [0.15, 0.2) is 60.1 Å². The van der Waals surface area contributed by atoms with Crippen molar-refractivity contribution in [3.05, 3.63) is 60.9 Å². The zero-order chi connectivity index (χ0) is 22.3. The number of rotatable bonds is 5. The molecule has 5 atom stereocenters. The second-order valence-corrected chi connectivity index (χ2v) is 8.76. The number of ether oxygens (including phenoxy) is 1. The van der Waals surface area contributed by atoms with Crippen molar-refractivity contribution in [3.63, 3.8) is 0 Å². The zero-order valence-electron chi connectivity index (χ0n) is 16.5. The number of imidazole rings is 1. The van der Waals surface area contributed by atoms with Crippen LogP contribution in [-0.4, -0.2) is 60.4 Å². The Hall–Kier alpha value is -3.15. The molecule has 0 spiro atoms. The molecular formula is C19H19N6O6P. The van der Waals surface area contributed by atoms with Crippen LogP contribution in [0.2, 0.25) is 0 Å². The van der Waals surface area contributed by atoms with Crippen LogP contribution in [0.1, 0.15) is 11.8 Å². The summed E-state index contributed by atoms with van der Waals surface area (Å²) in [6, 6.07) is 9.14. The minimum absolute atomic E-state index is 0.175. The van der Waals surface area contributed by atoms with Gasteiger partial charge < -0.3 is 25.2 Å². The summed E-state index contributed by atoms with van der Waals surface area (Å²) in [6.45, 7) is -0.338. The lowest BCUT2D eigenvalue weighted by Crippen LogP contribution is -2.33. The highest BCUT2D eigenvalue weighted by Crippen LogP contribution is 2.53. The highest BCUT2D eigenvalue weighted by atomic mass is 31.2. The van der Waals surface area contributed by atoms with Gasteiger partial charge in [-0.3, -0.25) is 9.09 Å². The molecule has 0 bridgehead atoms. The van der Waals surface area contributed by atoms with Gasteiger partial charge in [0.25, 0.3) is 0 Å². The molecule has 2 aliphatic rings. The number of aromatic nitrogens is 4. The van der Waals surface area contributed by atoms with E-state index in [1.54, 1.807) is 6.08 Å². The van der Waals surface area contributed by atoms with Crippen LogP contribution in [0.4, 0.5) is 5.82 Å². The second kappa shape index (κ2) is 8.08. The normalized spacial score (nSPS) is 29.8. The number of aliphatic hydroxyl groups is 2. The third-order valence-electron chi connectivity index (χ3n) is 5.12. The number of fused-ring (bicyclic) bond motifs is 1. The van der Waals surface area contributed by atoms with Crippen molar-refractivity contribution in [1.29, 1.82) is 0 Å². The summed E-state index contributed by atoms with van der Waals surface area (Å²) in [4.78, 5) is 12.1. The topological polar surface area (TPSA) is 167 Å².